The van der Waals surface area contributed by atoms with Gasteiger partial charge in [-0.25, -0.2) is 9.97 Å². The number of pyridine rings is 2. The number of carbonyl (C=O) groups excluding carboxylic acids is 1. The first-order chi connectivity index (χ1) is 13.7. The van der Waals surface area contributed by atoms with Crippen LogP contribution in [0.4, 0.5) is 5.82 Å². The summed E-state index contributed by atoms with van der Waals surface area (Å²) in [7, 11) is 0. The smallest absolute Gasteiger partial charge is 0.253 e. The van der Waals surface area contributed by atoms with E-state index in [0.29, 0.717) is 36.2 Å². The molecule has 148 valence electrons. The van der Waals surface area contributed by atoms with Crippen LogP contribution in [0.15, 0.2) is 30.6 Å². The number of nitrogens with zero attached hydrogens (tertiary/aromatic N) is 3. The molecule has 1 N–H and O–H groups in total. The van der Waals surface area contributed by atoms with Crippen LogP contribution in [-0.4, -0.2) is 48.3 Å². The third-order valence-electron chi connectivity index (χ3n) is 4.93. The van der Waals surface area contributed by atoms with Crippen LogP contribution in [0.25, 0.3) is 0 Å². The summed E-state index contributed by atoms with van der Waals surface area (Å²) in [5.41, 5.74) is 1.40. The monoisotopic (exact) mass is 402 g/mol. The molecule has 4 heterocycles. The molecule has 0 unspecified atom stereocenters. The van der Waals surface area contributed by atoms with Crippen molar-refractivity contribution in [2.24, 2.45) is 0 Å². The quantitative estimate of drug-likeness (QED) is 0.800. The lowest BCUT2D eigenvalue weighted by Gasteiger charge is -2.17. The molecule has 7 nitrogen and oxygen atoms in total. The number of rotatable bonds is 6. The lowest BCUT2D eigenvalue weighted by Crippen LogP contribution is -2.24. The van der Waals surface area contributed by atoms with Crippen molar-refractivity contribution in [2.75, 3.05) is 31.2 Å². The SMILES string of the molecule is O=C(NCc1ccnc(N2CCCC2)c1)c1cnc(O[C@@H]2CCOC2)c(Cl)c1. The van der Waals surface area contributed by atoms with E-state index in [9.17, 15) is 4.79 Å². The molecular formula is C20H23ClN4O3. The number of aromatic nitrogens is 2. The number of ether oxygens (including phenoxy) is 2. The Bertz CT molecular complexity index is 836. The Kier molecular flexibility index (Phi) is 5.92. The standard InChI is InChI=1S/C20H23ClN4O3/c21-17-10-15(12-24-20(17)28-16-4-8-27-13-16)19(26)23-11-14-3-5-22-18(9-14)25-6-1-2-7-25/h3,5,9-10,12,16H,1-2,4,6-8,11,13H2,(H,23,26)/t16-/m1/s1. The van der Waals surface area contributed by atoms with Gasteiger partial charge in [0.1, 0.15) is 16.9 Å². The first-order valence-corrected chi connectivity index (χ1v) is 9.95. The van der Waals surface area contributed by atoms with Crippen LogP contribution in [0.5, 0.6) is 5.88 Å². The van der Waals surface area contributed by atoms with Gasteiger partial charge in [-0.15, -0.1) is 0 Å². The molecule has 2 aromatic rings. The Balaban J connectivity index is 1.35. The van der Waals surface area contributed by atoms with Crippen LogP contribution < -0.4 is 15.0 Å². The van der Waals surface area contributed by atoms with Crippen LogP contribution >= 0.6 is 11.6 Å². The van der Waals surface area contributed by atoms with E-state index >= 15 is 0 Å². The largest absolute Gasteiger partial charge is 0.471 e. The maximum absolute atomic E-state index is 12.5. The van der Waals surface area contributed by atoms with Gasteiger partial charge in [-0.2, -0.15) is 0 Å². The molecule has 0 aliphatic carbocycles. The fourth-order valence-corrected chi connectivity index (χ4v) is 3.58. The van der Waals surface area contributed by atoms with E-state index in [-0.39, 0.29) is 12.0 Å². The van der Waals surface area contributed by atoms with Gasteiger partial charge >= 0.3 is 0 Å². The number of nitrogens with one attached hydrogen (secondary N) is 1. The van der Waals surface area contributed by atoms with Crippen LogP contribution in [0.2, 0.25) is 5.02 Å². The fourth-order valence-electron chi connectivity index (χ4n) is 3.37. The first kappa shape index (κ1) is 19.0. The topological polar surface area (TPSA) is 76.6 Å². The van der Waals surface area contributed by atoms with E-state index in [1.54, 1.807) is 12.3 Å². The average Bonchev–Trinajstić information content (AvgIpc) is 3.42. The van der Waals surface area contributed by atoms with Gasteiger partial charge in [-0.1, -0.05) is 11.6 Å². The molecule has 28 heavy (non-hydrogen) atoms. The van der Waals surface area contributed by atoms with Crippen molar-refractivity contribution in [3.63, 3.8) is 0 Å². The van der Waals surface area contributed by atoms with Gasteiger partial charge in [0.05, 0.1) is 18.8 Å². The summed E-state index contributed by atoms with van der Waals surface area (Å²) in [4.78, 5) is 23.4. The Labute approximate surface area is 169 Å². The zero-order valence-electron chi connectivity index (χ0n) is 15.6. The number of anilines is 1. The molecule has 0 aromatic carbocycles. The summed E-state index contributed by atoms with van der Waals surface area (Å²) < 4.78 is 11.0. The molecular weight excluding hydrogens is 380 g/mol. The van der Waals surface area contributed by atoms with Gasteiger partial charge in [0.15, 0.2) is 0 Å². The molecule has 0 spiro atoms. The van der Waals surface area contributed by atoms with Crippen LogP contribution in [0.1, 0.15) is 35.2 Å². The average molecular weight is 403 g/mol. The van der Waals surface area contributed by atoms with E-state index in [1.165, 1.54) is 19.0 Å². The van der Waals surface area contributed by atoms with Gasteiger partial charge in [0.2, 0.25) is 5.88 Å². The zero-order valence-corrected chi connectivity index (χ0v) is 16.3. The molecule has 2 fully saturated rings. The summed E-state index contributed by atoms with van der Waals surface area (Å²) >= 11 is 6.24. The van der Waals surface area contributed by atoms with Crippen LogP contribution in [-0.2, 0) is 11.3 Å². The zero-order chi connectivity index (χ0) is 19.3. The molecule has 4 rings (SSSR count). The van der Waals surface area contributed by atoms with E-state index in [0.717, 1.165) is 30.9 Å². The molecule has 1 amide bonds. The normalized spacial score (nSPS) is 19.0. The number of carbonyl (C=O) groups is 1. The van der Waals surface area contributed by atoms with Crippen molar-refractivity contribution in [2.45, 2.75) is 31.9 Å². The molecule has 2 aliphatic heterocycles. The first-order valence-electron chi connectivity index (χ1n) is 9.57. The van der Waals surface area contributed by atoms with Gasteiger partial charge in [0.25, 0.3) is 5.91 Å². The molecule has 2 aliphatic rings. The van der Waals surface area contributed by atoms with Crippen molar-refractivity contribution >= 4 is 23.3 Å². The maximum Gasteiger partial charge on any atom is 0.253 e. The minimum Gasteiger partial charge on any atom is -0.471 e. The third kappa shape index (κ3) is 4.54. The van der Waals surface area contributed by atoms with Gasteiger partial charge < -0.3 is 19.7 Å². The predicted molar refractivity (Wildman–Crippen MR) is 106 cm³/mol. The van der Waals surface area contributed by atoms with Crippen LogP contribution in [0, 0.1) is 0 Å². The van der Waals surface area contributed by atoms with Gasteiger partial charge in [0, 0.05) is 38.4 Å². The highest BCUT2D eigenvalue weighted by atomic mass is 35.5. The summed E-state index contributed by atoms with van der Waals surface area (Å²) in [5, 5.41) is 3.23. The molecule has 2 saturated heterocycles. The van der Waals surface area contributed by atoms with E-state index < -0.39 is 0 Å². The summed E-state index contributed by atoms with van der Waals surface area (Å²) in [6, 6.07) is 5.51. The Hall–Kier alpha value is -2.38. The summed E-state index contributed by atoms with van der Waals surface area (Å²) in [6.45, 7) is 3.70. The Morgan fingerprint density at radius 1 is 1.32 bits per heavy atom. The van der Waals surface area contributed by atoms with Crippen molar-refractivity contribution in [3.8, 4) is 5.88 Å². The Morgan fingerprint density at radius 2 is 2.18 bits per heavy atom. The maximum atomic E-state index is 12.5. The predicted octanol–water partition coefficient (Wildman–Crippen LogP) is 2.83. The second kappa shape index (κ2) is 8.75. The minimum absolute atomic E-state index is 0.0406. The highest BCUT2D eigenvalue weighted by molar-refractivity contribution is 6.32. The lowest BCUT2D eigenvalue weighted by atomic mass is 10.2. The number of halogens is 1. The molecule has 0 radical (unpaired) electrons. The van der Waals surface area contributed by atoms with E-state index in [4.69, 9.17) is 21.1 Å². The summed E-state index contributed by atoms with van der Waals surface area (Å²) in [5.74, 6) is 1.06. The molecule has 0 bridgehead atoms. The van der Waals surface area contributed by atoms with E-state index in [1.807, 2.05) is 12.1 Å². The summed E-state index contributed by atoms with van der Waals surface area (Å²) in [6.07, 6.45) is 6.43. The Morgan fingerprint density at radius 3 is 2.93 bits per heavy atom. The fraction of sp³-hybridized carbons (Fsp3) is 0.450. The van der Waals surface area contributed by atoms with Crippen molar-refractivity contribution < 1.29 is 14.3 Å². The number of hydrogen-bond acceptors (Lipinski definition) is 6. The second-order valence-electron chi connectivity index (χ2n) is 7.01. The molecule has 2 aromatic heterocycles. The number of hydrogen-bond donors (Lipinski definition) is 1. The third-order valence-corrected chi connectivity index (χ3v) is 5.20. The second-order valence-corrected chi connectivity index (χ2v) is 7.42. The van der Waals surface area contributed by atoms with Crippen LogP contribution in [0.3, 0.4) is 0 Å². The van der Waals surface area contributed by atoms with Gasteiger partial charge in [-0.05, 0) is 36.6 Å². The van der Waals surface area contributed by atoms with Crippen molar-refractivity contribution in [1.29, 1.82) is 0 Å². The molecule has 8 heteroatoms. The van der Waals surface area contributed by atoms with Crippen molar-refractivity contribution in [3.05, 3.63) is 46.7 Å². The number of amides is 1. The lowest BCUT2D eigenvalue weighted by molar-refractivity contribution is 0.0950. The molecule has 0 saturated carbocycles. The highest BCUT2D eigenvalue weighted by Gasteiger charge is 2.20. The molecule has 1 atom stereocenters. The van der Waals surface area contributed by atoms with E-state index in [2.05, 4.69) is 20.2 Å². The van der Waals surface area contributed by atoms with Crippen molar-refractivity contribution in [1.82, 2.24) is 15.3 Å². The highest BCUT2D eigenvalue weighted by Crippen LogP contribution is 2.25. The van der Waals surface area contributed by atoms with Gasteiger partial charge in [-0.3, -0.25) is 4.79 Å². The minimum atomic E-state index is -0.232.